The van der Waals surface area contributed by atoms with E-state index >= 15 is 0 Å². The highest BCUT2D eigenvalue weighted by atomic mass is 19.1. The maximum absolute atomic E-state index is 13.3. The second-order valence-corrected chi connectivity index (χ2v) is 6.94. The Bertz CT molecular complexity index is 1120. The maximum atomic E-state index is 13.3. The molecule has 2 aromatic heterocycles. The third-order valence-corrected chi connectivity index (χ3v) is 5.04. The van der Waals surface area contributed by atoms with E-state index in [1.54, 1.807) is 24.5 Å². The average Bonchev–Trinajstić information content (AvgIpc) is 2.81. The van der Waals surface area contributed by atoms with Crippen LogP contribution in [-0.2, 0) is 0 Å². The second kappa shape index (κ2) is 8.82. The molecule has 0 saturated carbocycles. The minimum Gasteiger partial charge on any atom is -0.357 e. The SMILES string of the molecule is CCN(CC)c1cc(-c2cncc(-c3ccc(F)cc3)c2)nc(-c2ccccc2)n1. The van der Waals surface area contributed by atoms with Crippen molar-refractivity contribution in [2.24, 2.45) is 0 Å². The summed E-state index contributed by atoms with van der Waals surface area (Å²) in [4.78, 5) is 16.3. The number of anilines is 1. The molecule has 0 N–H and O–H groups in total. The molecule has 30 heavy (non-hydrogen) atoms. The normalized spacial score (nSPS) is 10.8. The van der Waals surface area contributed by atoms with Crippen LogP contribution in [0.25, 0.3) is 33.8 Å². The van der Waals surface area contributed by atoms with Gasteiger partial charge in [-0.15, -0.1) is 0 Å². The van der Waals surface area contributed by atoms with Crippen molar-refractivity contribution in [2.75, 3.05) is 18.0 Å². The van der Waals surface area contributed by atoms with Gasteiger partial charge >= 0.3 is 0 Å². The fourth-order valence-corrected chi connectivity index (χ4v) is 3.39. The summed E-state index contributed by atoms with van der Waals surface area (Å²) >= 11 is 0. The molecule has 0 aliphatic rings. The van der Waals surface area contributed by atoms with Gasteiger partial charge in [-0.25, -0.2) is 14.4 Å². The molecule has 0 amide bonds. The van der Waals surface area contributed by atoms with Gasteiger partial charge in [-0.2, -0.15) is 0 Å². The largest absolute Gasteiger partial charge is 0.357 e. The molecule has 0 spiro atoms. The molecule has 2 aromatic carbocycles. The van der Waals surface area contributed by atoms with Gasteiger partial charge in [0.25, 0.3) is 0 Å². The average molecular weight is 398 g/mol. The minimum absolute atomic E-state index is 0.255. The van der Waals surface area contributed by atoms with Crippen LogP contribution in [0.3, 0.4) is 0 Å². The van der Waals surface area contributed by atoms with E-state index in [2.05, 4.69) is 23.7 Å². The van der Waals surface area contributed by atoms with Gasteiger partial charge in [-0.1, -0.05) is 42.5 Å². The zero-order valence-corrected chi connectivity index (χ0v) is 17.1. The van der Waals surface area contributed by atoms with Crippen LogP contribution in [-0.4, -0.2) is 28.0 Å². The summed E-state index contributed by atoms with van der Waals surface area (Å²) in [6.07, 6.45) is 3.58. The molecule has 0 saturated heterocycles. The molecule has 4 rings (SSSR count). The van der Waals surface area contributed by atoms with Crippen LogP contribution in [0.1, 0.15) is 13.8 Å². The van der Waals surface area contributed by atoms with E-state index < -0.39 is 0 Å². The fraction of sp³-hybridized carbons (Fsp3) is 0.160. The first-order valence-corrected chi connectivity index (χ1v) is 10.1. The molecule has 4 nitrogen and oxygen atoms in total. The van der Waals surface area contributed by atoms with Crippen molar-refractivity contribution in [1.82, 2.24) is 15.0 Å². The van der Waals surface area contributed by atoms with Gasteiger partial charge in [-0.3, -0.25) is 4.98 Å². The molecule has 0 unspecified atom stereocenters. The third-order valence-electron chi connectivity index (χ3n) is 5.04. The van der Waals surface area contributed by atoms with E-state index in [0.29, 0.717) is 5.82 Å². The number of hydrogen-bond acceptors (Lipinski definition) is 4. The zero-order chi connectivity index (χ0) is 20.9. The van der Waals surface area contributed by atoms with Crippen molar-refractivity contribution >= 4 is 5.82 Å². The van der Waals surface area contributed by atoms with E-state index in [1.165, 1.54) is 12.1 Å². The lowest BCUT2D eigenvalue weighted by Gasteiger charge is -2.21. The number of nitrogens with zero attached hydrogens (tertiary/aromatic N) is 4. The molecule has 0 aliphatic carbocycles. The first-order valence-electron chi connectivity index (χ1n) is 10.1. The number of hydrogen-bond donors (Lipinski definition) is 0. The van der Waals surface area contributed by atoms with Gasteiger partial charge in [0.15, 0.2) is 5.82 Å². The molecule has 0 atom stereocenters. The standard InChI is InChI=1S/C25H23FN4/c1-3-30(4-2)24-15-23(28-25(29-24)19-8-6-5-7-9-19)21-14-20(16-27-17-21)18-10-12-22(26)13-11-18/h5-17H,3-4H2,1-2H3. The van der Waals surface area contributed by atoms with Crippen LogP contribution in [0, 0.1) is 5.82 Å². The van der Waals surface area contributed by atoms with Crippen molar-refractivity contribution in [1.29, 1.82) is 0 Å². The molecule has 0 radical (unpaired) electrons. The lowest BCUT2D eigenvalue weighted by Crippen LogP contribution is -2.23. The lowest BCUT2D eigenvalue weighted by atomic mass is 10.0. The Morgan fingerprint density at radius 2 is 1.43 bits per heavy atom. The molecular weight excluding hydrogens is 375 g/mol. The van der Waals surface area contributed by atoms with E-state index in [1.807, 2.05) is 42.5 Å². The Hall–Kier alpha value is -3.60. The van der Waals surface area contributed by atoms with Gasteiger partial charge in [0.1, 0.15) is 11.6 Å². The van der Waals surface area contributed by atoms with Crippen molar-refractivity contribution in [3.8, 4) is 33.8 Å². The second-order valence-electron chi connectivity index (χ2n) is 6.94. The van der Waals surface area contributed by atoms with E-state index in [9.17, 15) is 4.39 Å². The molecule has 0 aliphatic heterocycles. The van der Waals surface area contributed by atoms with Crippen molar-refractivity contribution < 1.29 is 4.39 Å². The lowest BCUT2D eigenvalue weighted by molar-refractivity contribution is 0.628. The predicted octanol–water partition coefficient (Wildman–Crippen LogP) is 5.86. The summed E-state index contributed by atoms with van der Waals surface area (Å²) in [6.45, 7) is 5.94. The van der Waals surface area contributed by atoms with Crippen LogP contribution in [0.4, 0.5) is 10.2 Å². The van der Waals surface area contributed by atoms with Gasteiger partial charge in [0.05, 0.1) is 5.69 Å². The number of halogens is 1. The number of rotatable bonds is 6. The summed E-state index contributed by atoms with van der Waals surface area (Å²) in [5.74, 6) is 1.31. The first kappa shape index (κ1) is 19.7. The van der Waals surface area contributed by atoms with Gasteiger partial charge in [0, 0.05) is 48.2 Å². The van der Waals surface area contributed by atoms with Gasteiger partial charge < -0.3 is 4.90 Å². The molecule has 0 bridgehead atoms. The minimum atomic E-state index is -0.255. The molecular formula is C25H23FN4. The fourth-order valence-electron chi connectivity index (χ4n) is 3.39. The first-order chi connectivity index (χ1) is 14.7. The topological polar surface area (TPSA) is 41.9 Å². The molecule has 4 aromatic rings. The Balaban J connectivity index is 1.82. The highest BCUT2D eigenvalue weighted by molar-refractivity contribution is 5.73. The quantitative estimate of drug-likeness (QED) is 0.408. The third kappa shape index (κ3) is 4.20. The number of benzene rings is 2. The molecule has 150 valence electrons. The Morgan fingerprint density at radius 1 is 0.733 bits per heavy atom. The summed E-state index contributed by atoms with van der Waals surface area (Å²) in [6, 6.07) is 20.4. The molecule has 0 fully saturated rings. The van der Waals surface area contributed by atoms with Crippen molar-refractivity contribution in [3.05, 3.63) is 84.9 Å². The van der Waals surface area contributed by atoms with Crippen LogP contribution >= 0.6 is 0 Å². The number of aromatic nitrogens is 3. The predicted molar refractivity (Wildman–Crippen MR) is 120 cm³/mol. The Labute approximate surface area is 176 Å². The summed E-state index contributed by atoms with van der Waals surface area (Å²) < 4.78 is 13.3. The zero-order valence-electron chi connectivity index (χ0n) is 17.1. The van der Waals surface area contributed by atoms with Crippen LogP contribution < -0.4 is 4.90 Å². The highest BCUT2D eigenvalue weighted by Gasteiger charge is 2.13. The van der Waals surface area contributed by atoms with Crippen LogP contribution in [0.2, 0.25) is 0 Å². The summed E-state index contributed by atoms with van der Waals surface area (Å²) in [7, 11) is 0. The summed E-state index contributed by atoms with van der Waals surface area (Å²) in [5, 5.41) is 0. The Kier molecular flexibility index (Phi) is 5.80. The number of pyridine rings is 1. The van der Waals surface area contributed by atoms with E-state index in [-0.39, 0.29) is 5.82 Å². The van der Waals surface area contributed by atoms with Crippen LogP contribution in [0.5, 0.6) is 0 Å². The molecule has 5 heteroatoms. The van der Waals surface area contributed by atoms with Gasteiger partial charge in [-0.05, 0) is 37.6 Å². The van der Waals surface area contributed by atoms with E-state index in [0.717, 1.165) is 46.9 Å². The van der Waals surface area contributed by atoms with Gasteiger partial charge in [0.2, 0.25) is 0 Å². The summed E-state index contributed by atoms with van der Waals surface area (Å²) in [5.41, 5.74) is 4.49. The monoisotopic (exact) mass is 398 g/mol. The maximum Gasteiger partial charge on any atom is 0.162 e. The smallest absolute Gasteiger partial charge is 0.162 e. The Morgan fingerprint density at radius 3 is 2.13 bits per heavy atom. The van der Waals surface area contributed by atoms with E-state index in [4.69, 9.17) is 9.97 Å². The van der Waals surface area contributed by atoms with Crippen molar-refractivity contribution in [3.63, 3.8) is 0 Å². The molecule has 2 heterocycles. The van der Waals surface area contributed by atoms with Crippen molar-refractivity contribution in [2.45, 2.75) is 13.8 Å². The van der Waals surface area contributed by atoms with Crippen LogP contribution in [0.15, 0.2) is 79.1 Å². The highest BCUT2D eigenvalue weighted by Crippen LogP contribution is 2.28.